The van der Waals surface area contributed by atoms with Crippen molar-refractivity contribution in [2.24, 2.45) is 10.9 Å². The zero-order valence-corrected chi connectivity index (χ0v) is 10.4. The van der Waals surface area contributed by atoms with Crippen molar-refractivity contribution in [1.82, 2.24) is 4.90 Å². The first kappa shape index (κ1) is 13.1. The smallest absolute Gasteiger partial charge is 0.365 e. The average Bonchev–Trinajstić information content (AvgIpc) is 2.82. The van der Waals surface area contributed by atoms with Gasteiger partial charge in [-0.2, -0.15) is 0 Å². The van der Waals surface area contributed by atoms with Gasteiger partial charge in [0.05, 0.1) is 12.1 Å². The lowest BCUT2D eigenvalue weighted by Crippen LogP contribution is -2.34. The van der Waals surface area contributed by atoms with E-state index >= 15 is 0 Å². The first-order valence-electron chi connectivity index (χ1n) is 6.03. The van der Waals surface area contributed by atoms with Crippen molar-refractivity contribution in [3.63, 3.8) is 0 Å². The molecular weight excluding hydrogens is 246 g/mol. The maximum atomic E-state index is 11.6. The number of nitrogens with two attached hydrogens (primary N) is 1. The second kappa shape index (κ2) is 5.99. The number of hydrogen-bond acceptors (Lipinski definition) is 4. The van der Waals surface area contributed by atoms with E-state index < -0.39 is 5.97 Å². The SMILES string of the molecule is N/C(CN1CCCC1=O)=N\OC(=O)c1ccccc1. The highest BCUT2D eigenvalue weighted by Gasteiger charge is 2.20. The Kier molecular flexibility index (Phi) is 4.12. The molecule has 1 aromatic carbocycles. The molecule has 1 aliphatic rings. The molecule has 19 heavy (non-hydrogen) atoms. The molecule has 0 atom stereocenters. The molecule has 0 aromatic heterocycles. The predicted molar refractivity (Wildman–Crippen MR) is 69.3 cm³/mol. The molecule has 1 heterocycles. The van der Waals surface area contributed by atoms with Crippen LogP contribution in [0.15, 0.2) is 35.5 Å². The van der Waals surface area contributed by atoms with Gasteiger partial charge in [0, 0.05) is 13.0 Å². The Hall–Kier alpha value is -2.37. The molecule has 0 radical (unpaired) electrons. The third-order valence-electron chi connectivity index (χ3n) is 2.78. The van der Waals surface area contributed by atoms with Gasteiger partial charge in [-0.15, -0.1) is 0 Å². The zero-order chi connectivity index (χ0) is 13.7. The van der Waals surface area contributed by atoms with Crippen LogP contribution in [0.3, 0.4) is 0 Å². The molecule has 1 fully saturated rings. The van der Waals surface area contributed by atoms with Gasteiger partial charge in [0.1, 0.15) is 0 Å². The van der Waals surface area contributed by atoms with Gasteiger partial charge in [0.25, 0.3) is 0 Å². The Morgan fingerprint density at radius 3 is 2.74 bits per heavy atom. The molecule has 0 spiro atoms. The van der Waals surface area contributed by atoms with Crippen LogP contribution in [0.25, 0.3) is 0 Å². The predicted octanol–water partition coefficient (Wildman–Crippen LogP) is 0.738. The lowest BCUT2D eigenvalue weighted by molar-refractivity contribution is -0.127. The van der Waals surface area contributed by atoms with Crippen LogP contribution in [0, 0.1) is 0 Å². The van der Waals surface area contributed by atoms with Crippen LogP contribution in [0.2, 0.25) is 0 Å². The molecule has 100 valence electrons. The summed E-state index contributed by atoms with van der Waals surface area (Å²) in [5, 5.41) is 3.55. The lowest BCUT2D eigenvalue weighted by Gasteiger charge is -2.13. The Labute approximate surface area is 110 Å². The van der Waals surface area contributed by atoms with Gasteiger partial charge in [0.2, 0.25) is 5.91 Å². The summed E-state index contributed by atoms with van der Waals surface area (Å²) < 4.78 is 0. The number of oxime groups is 1. The molecule has 1 aromatic rings. The minimum Gasteiger partial charge on any atom is -0.383 e. The molecule has 1 amide bonds. The van der Waals surface area contributed by atoms with Crippen LogP contribution in [-0.4, -0.2) is 35.7 Å². The molecule has 6 heteroatoms. The third kappa shape index (κ3) is 3.54. The van der Waals surface area contributed by atoms with Crippen molar-refractivity contribution in [3.8, 4) is 0 Å². The first-order valence-corrected chi connectivity index (χ1v) is 6.03. The van der Waals surface area contributed by atoms with Crippen LogP contribution in [0.5, 0.6) is 0 Å². The highest BCUT2D eigenvalue weighted by atomic mass is 16.7. The van der Waals surface area contributed by atoms with Crippen molar-refractivity contribution in [2.45, 2.75) is 12.8 Å². The average molecular weight is 261 g/mol. The number of carbonyl (C=O) groups is 2. The fourth-order valence-electron chi connectivity index (χ4n) is 1.82. The number of rotatable bonds is 4. The van der Waals surface area contributed by atoms with E-state index in [1.54, 1.807) is 35.2 Å². The van der Waals surface area contributed by atoms with Crippen LogP contribution >= 0.6 is 0 Å². The minimum atomic E-state index is -0.573. The normalized spacial score (nSPS) is 15.7. The van der Waals surface area contributed by atoms with Gasteiger partial charge in [-0.3, -0.25) is 4.79 Å². The van der Waals surface area contributed by atoms with Gasteiger partial charge >= 0.3 is 5.97 Å². The quantitative estimate of drug-likeness (QED) is 0.375. The fraction of sp³-hybridized carbons (Fsp3) is 0.308. The number of amidine groups is 1. The van der Waals surface area contributed by atoms with E-state index in [4.69, 9.17) is 10.6 Å². The van der Waals surface area contributed by atoms with Crippen LogP contribution < -0.4 is 5.73 Å². The number of nitrogens with zero attached hydrogens (tertiary/aromatic N) is 2. The molecule has 2 N–H and O–H groups in total. The standard InChI is InChI=1S/C13H15N3O3/c14-11(9-16-8-4-7-12(16)17)15-19-13(18)10-5-2-1-3-6-10/h1-3,5-6H,4,7-9H2,(H2,14,15). The second-order valence-corrected chi connectivity index (χ2v) is 4.25. The highest BCUT2D eigenvalue weighted by Crippen LogP contribution is 2.08. The molecule has 0 saturated carbocycles. The molecule has 0 bridgehead atoms. The number of carbonyl (C=O) groups excluding carboxylic acids is 2. The number of benzene rings is 1. The van der Waals surface area contributed by atoms with E-state index in [1.165, 1.54) is 0 Å². The zero-order valence-electron chi connectivity index (χ0n) is 10.4. The highest BCUT2D eigenvalue weighted by molar-refractivity contribution is 5.91. The number of amides is 1. The lowest BCUT2D eigenvalue weighted by atomic mass is 10.2. The van der Waals surface area contributed by atoms with E-state index in [9.17, 15) is 9.59 Å². The first-order chi connectivity index (χ1) is 9.16. The van der Waals surface area contributed by atoms with Gasteiger partial charge in [-0.25, -0.2) is 4.79 Å². The topological polar surface area (TPSA) is 85.0 Å². The van der Waals surface area contributed by atoms with Crippen molar-refractivity contribution in [1.29, 1.82) is 0 Å². The molecule has 0 aliphatic carbocycles. The molecule has 1 aliphatic heterocycles. The molecule has 6 nitrogen and oxygen atoms in total. The maximum Gasteiger partial charge on any atom is 0.365 e. The summed E-state index contributed by atoms with van der Waals surface area (Å²) in [6.07, 6.45) is 1.37. The molecule has 1 saturated heterocycles. The van der Waals surface area contributed by atoms with Gasteiger partial charge in [0.15, 0.2) is 5.84 Å². The van der Waals surface area contributed by atoms with Crippen LogP contribution in [0.4, 0.5) is 0 Å². The Morgan fingerprint density at radius 2 is 2.11 bits per heavy atom. The van der Waals surface area contributed by atoms with Gasteiger partial charge < -0.3 is 15.5 Å². The largest absolute Gasteiger partial charge is 0.383 e. The van der Waals surface area contributed by atoms with Crippen molar-refractivity contribution < 1.29 is 14.4 Å². The molecular formula is C13H15N3O3. The Balaban J connectivity index is 1.88. The van der Waals surface area contributed by atoms with Gasteiger partial charge in [-0.05, 0) is 18.6 Å². The second-order valence-electron chi connectivity index (χ2n) is 4.25. The summed E-state index contributed by atoms with van der Waals surface area (Å²) in [6.45, 7) is 0.864. The third-order valence-corrected chi connectivity index (χ3v) is 2.78. The van der Waals surface area contributed by atoms with Crippen molar-refractivity contribution in [3.05, 3.63) is 35.9 Å². The van der Waals surface area contributed by atoms with Crippen LogP contribution in [0.1, 0.15) is 23.2 Å². The summed E-state index contributed by atoms with van der Waals surface area (Å²) in [5.74, 6) is -0.414. The minimum absolute atomic E-state index is 0.0486. The Bertz CT molecular complexity index is 499. The summed E-state index contributed by atoms with van der Waals surface area (Å²) in [7, 11) is 0. The number of hydrogen-bond donors (Lipinski definition) is 1. The monoisotopic (exact) mass is 261 g/mol. The van der Waals surface area contributed by atoms with E-state index in [0.717, 1.165) is 6.42 Å². The summed E-state index contributed by atoms with van der Waals surface area (Å²) in [4.78, 5) is 29.3. The van der Waals surface area contributed by atoms with E-state index in [2.05, 4.69) is 5.16 Å². The summed E-state index contributed by atoms with van der Waals surface area (Å²) in [5.41, 5.74) is 6.02. The number of likely N-dealkylation sites (tertiary alicyclic amines) is 1. The van der Waals surface area contributed by atoms with E-state index in [1.807, 2.05) is 0 Å². The molecule has 0 unspecified atom stereocenters. The molecule has 2 rings (SSSR count). The maximum absolute atomic E-state index is 11.6. The van der Waals surface area contributed by atoms with Crippen LogP contribution in [-0.2, 0) is 9.63 Å². The van der Waals surface area contributed by atoms with Gasteiger partial charge in [-0.1, -0.05) is 23.4 Å². The van der Waals surface area contributed by atoms with Crippen molar-refractivity contribution >= 4 is 17.7 Å². The van der Waals surface area contributed by atoms with E-state index in [-0.39, 0.29) is 18.3 Å². The summed E-state index contributed by atoms with van der Waals surface area (Å²) in [6, 6.07) is 8.50. The van der Waals surface area contributed by atoms with Crippen molar-refractivity contribution in [2.75, 3.05) is 13.1 Å². The fourth-order valence-corrected chi connectivity index (χ4v) is 1.82. The Morgan fingerprint density at radius 1 is 1.37 bits per heavy atom. The van der Waals surface area contributed by atoms with E-state index in [0.29, 0.717) is 18.5 Å². The summed E-state index contributed by atoms with van der Waals surface area (Å²) >= 11 is 0.